The summed E-state index contributed by atoms with van der Waals surface area (Å²) in [5.41, 5.74) is 0. The molecule has 64 valence electrons. The highest BCUT2D eigenvalue weighted by molar-refractivity contribution is 6.62. The monoisotopic (exact) mass is 190 g/mol. The molecule has 0 aromatic carbocycles. The van der Waals surface area contributed by atoms with Crippen LogP contribution in [0.5, 0.6) is 0 Å². The summed E-state index contributed by atoms with van der Waals surface area (Å²) >= 11 is 5.90. The maximum atomic E-state index is 5.90. The largest absolute Gasteiger partial charge is 0.416 e. The van der Waals surface area contributed by atoms with E-state index in [-0.39, 0.29) is 0 Å². The van der Waals surface area contributed by atoms with Crippen molar-refractivity contribution >= 4 is 20.6 Å². The molecule has 0 aromatic rings. The number of rotatable bonds is 1. The van der Waals surface area contributed by atoms with Crippen LogP contribution < -0.4 is 0 Å². The third-order valence-corrected chi connectivity index (χ3v) is 5.66. The average Bonchev–Trinajstić information content (AvgIpc) is 2.05. The third kappa shape index (κ3) is 2.62. The van der Waals surface area contributed by atoms with Gasteiger partial charge in [0.1, 0.15) is 0 Å². The summed E-state index contributed by atoms with van der Waals surface area (Å²) < 4.78 is 5.70. The van der Waals surface area contributed by atoms with Crippen LogP contribution in [0, 0.1) is 0 Å². The maximum absolute atomic E-state index is 5.90. The van der Waals surface area contributed by atoms with Crippen LogP contribution >= 0.6 is 11.6 Å². The van der Waals surface area contributed by atoms with Crippen molar-refractivity contribution in [2.75, 3.05) is 6.61 Å². The predicted octanol–water partition coefficient (Wildman–Crippen LogP) is 2.59. The highest BCUT2D eigenvalue weighted by Crippen LogP contribution is 2.20. The second-order valence-corrected chi connectivity index (χ2v) is 6.39. The molecule has 0 spiro atoms. The quantitative estimate of drug-likeness (QED) is 0.578. The summed E-state index contributed by atoms with van der Waals surface area (Å²) in [7, 11) is -1.03. The molecular weight excluding hydrogens is 176 g/mol. The maximum Gasteiger partial charge on any atom is 0.205 e. The molecule has 11 heavy (non-hydrogen) atoms. The van der Waals surface area contributed by atoms with E-state index in [2.05, 4.69) is 6.92 Å². The number of halogens is 1. The van der Waals surface area contributed by atoms with E-state index in [0.717, 1.165) is 11.6 Å². The Morgan fingerprint density at radius 3 is 2.55 bits per heavy atom. The lowest BCUT2D eigenvalue weighted by molar-refractivity contribution is 0.292. The van der Waals surface area contributed by atoms with Gasteiger partial charge in [0.2, 0.25) is 9.04 Å². The molecule has 0 aliphatic carbocycles. The highest BCUT2D eigenvalue weighted by Gasteiger charge is 2.18. The van der Waals surface area contributed by atoms with Gasteiger partial charge in [0.25, 0.3) is 0 Å². The molecule has 0 radical (unpaired) electrons. The van der Waals surface area contributed by atoms with Crippen LogP contribution in [0.2, 0.25) is 6.04 Å². The topological polar surface area (TPSA) is 9.23 Å². The minimum Gasteiger partial charge on any atom is -0.416 e. The Labute approximate surface area is 75.1 Å². The van der Waals surface area contributed by atoms with Crippen LogP contribution in [-0.4, -0.2) is 15.6 Å². The van der Waals surface area contributed by atoms with Crippen molar-refractivity contribution in [2.45, 2.75) is 32.7 Å². The molecule has 0 N–H and O–H groups in total. The Morgan fingerprint density at radius 2 is 2.09 bits per heavy atom. The zero-order valence-electron chi connectivity index (χ0n) is 7.19. The first-order valence-electron chi connectivity index (χ1n) is 4.16. The lowest BCUT2D eigenvalue weighted by Gasteiger charge is -2.22. The number of hydrogen-bond donors (Lipinski definition) is 0. The van der Waals surface area contributed by atoms with E-state index in [0.29, 0.717) is 0 Å². The van der Waals surface area contributed by atoms with Crippen molar-refractivity contribution in [3.05, 3.63) is 10.2 Å². The molecule has 3 heteroatoms. The Morgan fingerprint density at radius 1 is 1.36 bits per heavy atom. The van der Waals surface area contributed by atoms with E-state index in [1.165, 1.54) is 24.1 Å². The summed E-state index contributed by atoms with van der Waals surface area (Å²) in [6.45, 7) is 5.03. The van der Waals surface area contributed by atoms with Crippen molar-refractivity contribution in [2.24, 2.45) is 0 Å². The fraction of sp³-hybridized carbons (Fsp3) is 0.750. The molecule has 1 nitrogen and oxygen atoms in total. The van der Waals surface area contributed by atoms with E-state index >= 15 is 0 Å². The second kappa shape index (κ2) is 4.29. The van der Waals surface area contributed by atoms with Crippen molar-refractivity contribution in [3.8, 4) is 0 Å². The summed E-state index contributed by atoms with van der Waals surface area (Å²) in [4.78, 5) is 0. The van der Waals surface area contributed by atoms with E-state index in [9.17, 15) is 0 Å². The Balaban J connectivity index is 2.52. The van der Waals surface area contributed by atoms with E-state index < -0.39 is 9.04 Å². The standard InChI is InChI=1S/C8H15ClOSi/c1-7(9)8(2)11-6-4-3-5-10-11/h11H,3-6H2,1-2H3. The SMILES string of the molecule is CC(Cl)=C(C)[SiH]1CCCCO1. The van der Waals surface area contributed by atoms with Crippen LogP contribution in [0.3, 0.4) is 0 Å². The molecule has 1 saturated heterocycles. The summed E-state index contributed by atoms with van der Waals surface area (Å²) in [5.74, 6) is 0. The van der Waals surface area contributed by atoms with E-state index in [1.807, 2.05) is 6.92 Å². The Bertz CT molecular complexity index is 157. The van der Waals surface area contributed by atoms with Gasteiger partial charge in [-0.25, -0.2) is 0 Å². The van der Waals surface area contributed by atoms with Gasteiger partial charge < -0.3 is 4.43 Å². The minimum atomic E-state index is -1.03. The van der Waals surface area contributed by atoms with Crippen molar-refractivity contribution in [1.82, 2.24) is 0 Å². The summed E-state index contributed by atoms with van der Waals surface area (Å²) in [6.07, 6.45) is 2.57. The van der Waals surface area contributed by atoms with Crippen molar-refractivity contribution in [1.29, 1.82) is 0 Å². The lowest BCUT2D eigenvalue weighted by atomic mass is 10.4. The number of allylic oxidation sites excluding steroid dienone is 2. The van der Waals surface area contributed by atoms with Gasteiger partial charge in [0.05, 0.1) is 0 Å². The molecule has 0 aromatic heterocycles. The third-order valence-electron chi connectivity index (χ3n) is 2.21. The smallest absolute Gasteiger partial charge is 0.205 e. The van der Waals surface area contributed by atoms with Gasteiger partial charge >= 0.3 is 0 Å². The zero-order chi connectivity index (χ0) is 8.27. The van der Waals surface area contributed by atoms with Crippen molar-refractivity contribution < 1.29 is 4.43 Å². The van der Waals surface area contributed by atoms with Gasteiger partial charge in [-0.15, -0.1) is 0 Å². The average molecular weight is 191 g/mol. The highest BCUT2D eigenvalue weighted by atomic mass is 35.5. The van der Waals surface area contributed by atoms with Crippen LogP contribution in [0.1, 0.15) is 26.7 Å². The molecule has 1 atom stereocenters. The molecule has 0 amide bonds. The van der Waals surface area contributed by atoms with Gasteiger partial charge in [0.15, 0.2) is 0 Å². The second-order valence-electron chi connectivity index (χ2n) is 3.07. The first-order valence-corrected chi connectivity index (χ1v) is 6.40. The molecule has 1 unspecified atom stereocenters. The molecule has 1 fully saturated rings. The Hall–Kier alpha value is 0.207. The predicted molar refractivity (Wildman–Crippen MR) is 51.4 cm³/mol. The lowest BCUT2D eigenvalue weighted by Crippen LogP contribution is -2.25. The van der Waals surface area contributed by atoms with Gasteiger partial charge in [-0.05, 0) is 31.5 Å². The molecular formula is C8H15ClOSi. The van der Waals surface area contributed by atoms with Gasteiger partial charge in [-0.1, -0.05) is 18.0 Å². The molecule has 1 aliphatic rings. The van der Waals surface area contributed by atoms with Crippen LogP contribution in [0.4, 0.5) is 0 Å². The fourth-order valence-electron chi connectivity index (χ4n) is 1.30. The molecule has 0 saturated carbocycles. The first-order chi connectivity index (χ1) is 5.22. The summed E-state index contributed by atoms with van der Waals surface area (Å²) in [6, 6.07) is 1.27. The van der Waals surface area contributed by atoms with Crippen LogP contribution in [0.25, 0.3) is 0 Å². The van der Waals surface area contributed by atoms with E-state index in [4.69, 9.17) is 16.0 Å². The first kappa shape index (κ1) is 9.30. The zero-order valence-corrected chi connectivity index (χ0v) is 9.10. The van der Waals surface area contributed by atoms with Crippen LogP contribution in [0.15, 0.2) is 10.2 Å². The fourth-order valence-corrected chi connectivity index (χ4v) is 4.07. The van der Waals surface area contributed by atoms with Crippen LogP contribution in [-0.2, 0) is 4.43 Å². The van der Waals surface area contributed by atoms with Gasteiger partial charge in [-0.2, -0.15) is 0 Å². The Kier molecular flexibility index (Phi) is 3.62. The molecule has 1 heterocycles. The van der Waals surface area contributed by atoms with Crippen molar-refractivity contribution in [3.63, 3.8) is 0 Å². The molecule has 1 rings (SSSR count). The molecule has 0 bridgehead atoms. The normalized spacial score (nSPS) is 28.1. The van der Waals surface area contributed by atoms with Gasteiger partial charge in [0, 0.05) is 11.6 Å². The number of hydrogen-bond acceptors (Lipinski definition) is 1. The van der Waals surface area contributed by atoms with Gasteiger partial charge in [-0.3, -0.25) is 0 Å². The minimum absolute atomic E-state index is 0.948. The summed E-state index contributed by atoms with van der Waals surface area (Å²) in [5, 5.41) is 2.29. The molecule has 1 aliphatic heterocycles. The van der Waals surface area contributed by atoms with E-state index in [1.54, 1.807) is 0 Å².